The third kappa shape index (κ3) is 3.12. The van der Waals surface area contributed by atoms with Gasteiger partial charge in [0, 0.05) is 32.2 Å². The molecule has 1 fully saturated rings. The van der Waals surface area contributed by atoms with Crippen LogP contribution in [0.1, 0.15) is 28.2 Å². The number of carbonyl (C=O) groups excluding carboxylic acids is 1. The number of aromatic nitrogens is 2. The topological polar surface area (TPSA) is 52.2 Å². The number of amides is 1. The van der Waals surface area contributed by atoms with Gasteiger partial charge in [-0.25, -0.2) is 4.98 Å². The van der Waals surface area contributed by atoms with E-state index in [4.69, 9.17) is 0 Å². The summed E-state index contributed by atoms with van der Waals surface area (Å²) in [5.41, 5.74) is 4.77. The first-order chi connectivity index (χ1) is 13.3. The highest BCUT2D eigenvalue weighted by atomic mass is 16.2. The van der Waals surface area contributed by atoms with Gasteiger partial charge in [-0.1, -0.05) is 36.4 Å². The lowest BCUT2D eigenvalue weighted by Gasteiger charge is -2.40. The Morgan fingerprint density at radius 3 is 2.52 bits per heavy atom. The Hall–Kier alpha value is -2.66. The van der Waals surface area contributed by atoms with Gasteiger partial charge in [-0.2, -0.15) is 0 Å². The Bertz CT molecular complexity index is 938. The number of piperazine rings is 1. The molecule has 0 bridgehead atoms. The molecule has 2 aromatic carbocycles. The van der Waals surface area contributed by atoms with E-state index in [9.17, 15) is 4.79 Å². The van der Waals surface area contributed by atoms with Crippen LogP contribution in [0, 0.1) is 0 Å². The van der Waals surface area contributed by atoms with Crippen molar-refractivity contribution >= 4 is 16.9 Å². The van der Waals surface area contributed by atoms with Gasteiger partial charge in [-0.05, 0) is 42.5 Å². The number of nitrogens with one attached hydrogen (secondary N) is 1. The maximum atomic E-state index is 12.8. The Labute approximate surface area is 159 Å². The summed E-state index contributed by atoms with van der Waals surface area (Å²) in [6, 6.07) is 17.2. The fourth-order valence-corrected chi connectivity index (χ4v) is 4.48. The van der Waals surface area contributed by atoms with Crippen molar-refractivity contribution < 1.29 is 4.79 Å². The fourth-order valence-electron chi connectivity index (χ4n) is 4.48. The van der Waals surface area contributed by atoms with Crippen LogP contribution in [0.5, 0.6) is 0 Å². The normalized spacial score (nSPS) is 20.6. The van der Waals surface area contributed by atoms with Crippen LogP contribution in [0.2, 0.25) is 0 Å². The van der Waals surface area contributed by atoms with Crippen molar-refractivity contribution in [3.63, 3.8) is 0 Å². The minimum atomic E-state index is 0.0137. The Kier molecular flexibility index (Phi) is 4.17. The molecular weight excluding hydrogens is 336 g/mol. The lowest BCUT2D eigenvalue weighted by molar-refractivity contribution is 0.0543. The number of aromatic amines is 1. The van der Waals surface area contributed by atoms with Crippen molar-refractivity contribution in [2.75, 3.05) is 26.2 Å². The Morgan fingerprint density at radius 1 is 0.963 bits per heavy atom. The quantitative estimate of drug-likeness (QED) is 0.765. The summed E-state index contributed by atoms with van der Waals surface area (Å²) in [6.45, 7) is 3.43. The fraction of sp³-hybridized carbons (Fsp3) is 0.364. The summed E-state index contributed by atoms with van der Waals surface area (Å²) in [5.74, 6) is 0.469. The maximum absolute atomic E-state index is 12.8. The predicted molar refractivity (Wildman–Crippen MR) is 106 cm³/mol. The smallest absolute Gasteiger partial charge is 0.289 e. The van der Waals surface area contributed by atoms with Crippen molar-refractivity contribution in [3.8, 4) is 0 Å². The van der Waals surface area contributed by atoms with E-state index in [0.717, 1.165) is 43.6 Å². The second kappa shape index (κ2) is 6.82. The molecule has 1 aliphatic heterocycles. The molecule has 0 spiro atoms. The van der Waals surface area contributed by atoms with Gasteiger partial charge in [0.2, 0.25) is 0 Å². The summed E-state index contributed by atoms with van der Waals surface area (Å²) in [5, 5.41) is 0. The number of imidazole rings is 1. The van der Waals surface area contributed by atoms with E-state index in [1.165, 1.54) is 24.0 Å². The molecule has 5 rings (SSSR count). The van der Waals surface area contributed by atoms with Crippen molar-refractivity contribution in [1.82, 2.24) is 19.8 Å². The zero-order valence-corrected chi connectivity index (χ0v) is 15.4. The number of hydrogen-bond acceptors (Lipinski definition) is 3. The standard InChI is InChI=1S/C22H24N4O/c27-22(21-23-19-7-3-4-8-20(19)24-21)26-13-11-25(12-14-26)18-10-9-16-5-1-2-6-17(16)15-18/h1-8,18H,9-15H2,(H,23,24)/t18-/m0/s1. The molecule has 27 heavy (non-hydrogen) atoms. The molecule has 138 valence electrons. The lowest BCUT2D eigenvalue weighted by Crippen LogP contribution is -2.53. The zero-order chi connectivity index (χ0) is 18.2. The second-order valence-electron chi connectivity index (χ2n) is 7.60. The van der Waals surface area contributed by atoms with E-state index in [0.29, 0.717) is 11.9 Å². The number of para-hydroxylation sites is 2. The number of carbonyl (C=O) groups is 1. The van der Waals surface area contributed by atoms with E-state index >= 15 is 0 Å². The monoisotopic (exact) mass is 360 g/mol. The Morgan fingerprint density at radius 2 is 1.70 bits per heavy atom. The highest BCUT2D eigenvalue weighted by Crippen LogP contribution is 2.25. The summed E-state index contributed by atoms with van der Waals surface area (Å²) < 4.78 is 0. The molecule has 2 heterocycles. The molecule has 1 atom stereocenters. The largest absolute Gasteiger partial charge is 0.334 e. The number of benzene rings is 2. The average molecular weight is 360 g/mol. The number of nitrogens with zero attached hydrogens (tertiary/aromatic N) is 3. The van der Waals surface area contributed by atoms with Crippen LogP contribution in [0.25, 0.3) is 11.0 Å². The predicted octanol–water partition coefficient (Wildman–Crippen LogP) is 2.88. The van der Waals surface area contributed by atoms with E-state index in [1.54, 1.807) is 0 Å². The molecular formula is C22H24N4O. The summed E-state index contributed by atoms with van der Waals surface area (Å²) >= 11 is 0. The molecule has 2 aliphatic rings. The van der Waals surface area contributed by atoms with Gasteiger partial charge in [-0.15, -0.1) is 0 Å². The van der Waals surface area contributed by atoms with Crippen LogP contribution >= 0.6 is 0 Å². The van der Waals surface area contributed by atoms with Crippen LogP contribution in [0.15, 0.2) is 48.5 Å². The van der Waals surface area contributed by atoms with Crippen molar-refractivity contribution in [1.29, 1.82) is 0 Å². The first-order valence-electron chi connectivity index (χ1n) is 9.83. The van der Waals surface area contributed by atoms with Gasteiger partial charge in [0.1, 0.15) is 0 Å². The minimum absolute atomic E-state index is 0.0137. The highest BCUT2D eigenvalue weighted by molar-refractivity contribution is 5.94. The van der Waals surface area contributed by atoms with E-state index in [2.05, 4.69) is 39.1 Å². The van der Waals surface area contributed by atoms with Gasteiger partial charge in [0.15, 0.2) is 5.82 Å². The summed E-state index contributed by atoms with van der Waals surface area (Å²) in [6.07, 6.45) is 3.52. The zero-order valence-electron chi connectivity index (χ0n) is 15.4. The molecule has 0 saturated carbocycles. The number of fused-ring (bicyclic) bond motifs is 2. The van der Waals surface area contributed by atoms with Crippen molar-refractivity contribution in [3.05, 3.63) is 65.5 Å². The van der Waals surface area contributed by atoms with E-state index < -0.39 is 0 Å². The Balaban J connectivity index is 1.23. The highest BCUT2D eigenvalue weighted by Gasteiger charge is 2.29. The second-order valence-corrected chi connectivity index (χ2v) is 7.60. The van der Waals surface area contributed by atoms with Gasteiger partial charge < -0.3 is 9.88 Å². The third-order valence-corrected chi connectivity index (χ3v) is 6.03. The van der Waals surface area contributed by atoms with Gasteiger partial charge in [0.05, 0.1) is 11.0 Å². The van der Waals surface area contributed by atoms with Crippen molar-refractivity contribution in [2.45, 2.75) is 25.3 Å². The molecule has 0 radical (unpaired) electrons. The van der Waals surface area contributed by atoms with Gasteiger partial charge >= 0.3 is 0 Å². The summed E-state index contributed by atoms with van der Waals surface area (Å²) in [7, 11) is 0. The summed E-state index contributed by atoms with van der Waals surface area (Å²) in [4.78, 5) is 25.0. The van der Waals surface area contributed by atoms with E-state index in [1.807, 2.05) is 29.2 Å². The van der Waals surface area contributed by atoms with E-state index in [-0.39, 0.29) is 5.91 Å². The van der Waals surface area contributed by atoms with Crippen LogP contribution < -0.4 is 0 Å². The third-order valence-electron chi connectivity index (χ3n) is 6.03. The van der Waals surface area contributed by atoms with Crippen molar-refractivity contribution in [2.24, 2.45) is 0 Å². The lowest BCUT2D eigenvalue weighted by atomic mass is 9.87. The molecule has 5 nitrogen and oxygen atoms in total. The minimum Gasteiger partial charge on any atom is -0.334 e. The molecule has 1 aromatic heterocycles. The first kappa shape index (κ1) is 16.5. The molecule has 1 N–H and O–H groups in total. The SMILES string of the molecule is O=C(c1nc2ccccc2[nH]1)N1CCN([C@H]2CCc3ccccc3C2)CC1. The number of rotatable bonds is 2. The van der Waals surface area contributed by atoms with Crippen LogP contribution in [0.4, 0.5) is 0 Å². The average Bonchev–Trinajstić information content (AvgIpc) is 3.17. The van der Waals surface area contributed by atoms with Crippen LogP contribution in [0.3, 0.4) is 0 Å². The number of H-pyrrole nitrogens is 1. The molecule has 5 heteroatoms. The molecule has 1 saturated heterocycles. The van der Waals surface area contributed by atoms with Crippen LogP contribution in [-0.4, -0.2) is 57.9 Å². The molecule has 0 unspecified atom stereocenters. The molecule has 3 aromatic rings. The maximum Gasteiger partial charge on any atom is 0.289 e. The molecule has 1 aliphatic carbocycles. The number of aryl methyl sites for hydroxylation is 1. The van der Waals surface area contributed by atoms with Gasteiger partial charge in [-0.3, -0.25) is 9.69 Å². The number of hydrogen-bond donors (Lipinski definition) is 1. The van der Waals surface area contributed by atoms with Gasteiger partial charge in [0.25, 0.3) is 5.91 Å². The molecule has 1 amide bonds. The van der Waals surface area contributed by atoms with Crippen LogP contribution in [-0.2, 0) is 12.8 Å². The first-order valence-corrected chi connectivity index (χ1v) is 9.83.